The Morgan fingerprint density at radius 2 is 2.00 bits per heavy atom. The molecule has 1 unspecified atom stereocenters. The van der Waals surface area contributed by atoms with Crippen molar-refractivity contribution >= 4 is 24.0 Å². The SMILES string of the molecule is I.N=NC(N)N1CCOCC1. The molecule has 6 heteroatoms. The molecule has 11 heavy (non-hydrogen) atoms. The minimum absolute atomic E-state index is 0. The predicted molar refractivity (Wildman–Crippen MR) is 50.9 cm³/mol. The fourth-order valence-electron chi connectivity index (χ4n) is 0.924. The number of ether oxygens (including phenoxy) is 1. The zero-order valence-corrected chi connectivity index (χ0v) is 8.52. The molecular weight excluding hydrogens is 259 g/mol. The summed E-state index contributed by atoms with van der Waals surface area (Å²) >= 11 is 0. The van der Waals surface area contributed by atoms with E-state index in [0.717, 1.165) is 13.1 Å². The second kappa shape index (κ2) is 5.81. The molecular formula is C5H13IN4O. The molecule has 66 valence electrons. The van der Waals surface area contributed by atoms with Crippen molar-refractivity contribution in [3.05, 3.63) is 0 Å². The molecule has 0 aromatic carbocycles. The van der Waals surface area contributed by atoms with Crippen molar-refractivity contribution in [2.75, 3.05) is 26.3 Å². The predicted octanol–water partition coefficient (Wildman–Crippen LogP) is 0.210. The smallest absolute Gasteiger partial charge is 0.173 e. The summed E-state index contributed by atoms with van der Waals surface area (Å²) in [5.41, 5.74) is 12.1. The molecule has 1 saturated heterocycles. The number of hydrogen-bond donors (Lipinski definition) is 2. The minimum Gasteiger partial charge on any atom is -0.379 e. The Kier molecular flexibility index (Phi) is 5.92. The van der Waals surface area contributed by atoms with Crippen molar-refractivity contribution in [1.29, 1.82) is 5.53 Å². The Morgan fingerprint density at radius 3 is 2.45 bits per heavy atom. The summed E-state index contributed by atoms with van der Waals surface area (Å²) < 4.78 is 5.09. The Bertz CT molecular complexity index is 117. The molecule has 0 radical (unpaired) electrons. The first-order chi connectivity index (χ1) is 4.84. The van der Waals surface area contributed by atoms with E-state index in [1.54, 1.807) is 0 Å². The van der Waals surface area contributed by atoms with Gasteiger partial charge in [-0.2, -0.15) is 5.11 Å². The van der Waals surface area contributed by atoms with Gasteiger partial charge in [0.05, 0.1) is 13.2 Å². The van der Waals surface area contributed by atoms with Crippen LogP contribution in [0, 0.1) is 5.53 Å². The molecule has 0 saturated carbocycles. The molecule has 0 amide bonds. The molecule has 0 spiro atoms. The van der Waals surface area contributed by atoms with Crippen LogP contribution in [0.15, 0.2) is 5.11 Å². The van der Waals surface area contributed by atoms with Crippen molar-refractivity contribution in [2.45, 2.75) is 6.29 Å². The topological polar surface area (TPSA) is 74.7 Å². The Hall–Kier alpha value is 0.210. The average Bonchev–Trinajstić information content (AvgIpc) is 2.05. The van der Waals surface area contributed by atoms with E-state index in [-0.39, 0.29) is 24.0 Å². The van der Waals surface area contributed by atoms with Gasteiger partial charge in [-0.15, -0.1) is 24.0 Å². The summed E-state index contributed by atoms with van der Waals surface area (Å²) in [6, 6.07) is 0. The molecule has 3 N–H and O–H groups in total. The van der Waals surface area contributed by atoms with Gasteiger partial charge in [-0.05, 0) is 0 Å². The third-order valence-corrected chi connectivity index (χ3v) is 1.55. The third kappa shape index (κ3) is 3.41. The normalized spacial score (nSPS) is 21.9. The molecule has 0 aromatic rings. The van der Waals surface area contributed by atoms with Crippen molar-refractivity contribution in [1.82, 2.24) is 4.90 Å². The lowest BCUT2D eigenvalue weighted by Crippen LogP contribution is -2.46. The molecule has 0 aliphatic carbocycles. The van der Waals surface area contributed by atoms with E-state index in [1.165, 1.54) is 0 Å². The third-order valence-electron chi connectivity index (χ3n) is 1.55. The fourth-order valence-corrected chi connectivity index (χ4v) is 0.924. The lowest BCUT2D eigenvalue weighted by atomic mass is 10.4. The number of nitrogens with two attached hydrogens (primary N) is 1. The average molecular weight is 272 g/mol. The van der Waals surface area contributed by atoms with E-state index in [9.17, 15) is 0 Å². The van der Waals surface area contributed by atoms with Gasteiger partial charge in [0.25, 0.3) is 0 Å². The highest BCUT2D eigenvalue weighted by Crippen LogP contribution is 1.99. The van der Waals surface area contributed by atoms with E-state index < -0.39 is 6.29 Å². The lowest BCUT2D eigenvalue weighted by Gasteiger charge is -2.28. The van der Waals surface area contributed by atoms with Gasteiger partial charge in [0.1, 0.15) is 0 Å². The number of nitrogens with one attached hydrogen (secondary N) is 1. The van der Waals surface area contributed by atoms with Crippen LogP contribution in [-0.4, -0.2) is 37.5 Å². The van der Waals surface area contributed by atoms with Crippen LogP contribution in [0.25, 0.3) is 0 Å². The Balaban J connectivity index is 0.000001000. The molecule has 1 atom stereocenters. The van der Waals surface area contributed by atoms with Crippen molar-refractivity contribution in [3.8, 4) is 0 Å². The Morgan fingerprint density at radius 1 is 1.45 bits per heavy atom. The maximum absolute atomic E-state index is 6.66. The van der Waals surface area contributed by atoms with Gasteiger partial charge in [0.2, 0.25) is 0 Å². The van der Waals surface area contributed by atoms with E-state index in [2.05, 4.69) is 5.11 Å². The van der Waals surface area contributed by atoms with Gasteiger partial charge in [-0.1, -0.05) is 0 Å². The van der Waals surface area contributed by atoms with Crippen LogP contribution in [-0.2, 0) is 4.74 Å². The zero-order valence-electron chi connectivity index (χ0n) is 6.19. The number of morpholine rings is 1. The van der Waals surface area contributed by atoms with E-state index >= 15 is 0 Å². The molecule has 1 rings (SSSR count). The van der Waals surface area contributed by atoms with Crippen LogP contribution in [0.2, 0.25) is 0 Å². The quantitative estimate of drug-likeness (QED) is 0.557. The maximum atomic E-state index is 6.66. The summed E-state index contributed by atoms with van der Waals surface area (Å²) in [7, 11) is 0. The summed E-state index contributed by atoms with van der Waals surface area (Å²) in [6.07, 6.45) is -0.469. The highest BCUT2D eigenvalue weighted by atomic mass is 127. The van der Waals surface area contributed by atoms with Gasteiger partial charge < -0.3 is 4.74 Å². The molecule has 0 bridgehead atoms. The first-order valence-corrected chi connectivity index (χ1v) is 3.28. The zero-order chi connectivity index (χ0) is 7.40. The van der Waals surface area contributed by atoms with Crippen LogP contribution >= 0.6 is 24.0 Å². The van der Waals surface area contributed by atoms with E-state index in [4.69, 9.17) is 16.0 Å². The fraction of sp³-hybridized carbons (Fsp3) is 1.00. The van der Waals surface area contributed by atoms with Crippen LogP contribution < -0.4 is 5.73 Å². The van der Waals surface area contributed by atoms with Gasteiger partial charge in [0, 0.05) is 13.1 Å². The second-order valence-electron chi connectivity index (χ2n) is 2.19. The molecule has 1 aliphatic heterocycles. The molecule has 1 fully saturated rings. The molecule has 0 aromatic heterocycles. The van der Waals surface area contributed by atoms with Crippen LogP contribution in [0.1, 0.15) is 0 Å². The summed E-state index contributed by atoms with van der Waals surface area (Å²) in [4.78, 5) is 1.91. The summed E-state index contributed by atoms with van der Waals surface area (Å²) in [5, 5.41) is 3.21. The highest BCUT2D eigenvalue weighted by molar-refractivity contribution is 14.0. The van der Waals surface area contributed by atoms with Crippen molar-refractivity contribution in [3.63, 3.8) is 0 Å². The van der Waals surface area contributed by atoms with E-state index in [1.807, 2.05) is 4.90 Å². The first-order valence-electron chi connectivity index (χ1n) is 3.28. The largest absolute Gasteiger partial charge is 0.379 e. The maximum Gasteiger partial charge on any atom is 0.173 e. The van der Waals surface area contributed by atoms with Crippen LogP contribution in [0.4, 0.5) is 0 Å². The number of halogens is 1. The molecule has 5 nitrogen and oxygen atoms in total. The summed E-state index contributed by atoms with van der Waals surface area (Å²) in [6.45, 7) is 2.96. The Labute approximate surface area is 82.8 Å². The first kappa shape index (κ1) is 11.2. The van der Waals surface area contributed by atoms with Crippen molar-refractivity contribution < 1.29 is 4.74 Å². The second-order valence-corrected chi connectivity index (χ2v) is 2.19. The molecule has 1 heterocycles. The summed E-state index contributed by atoms with van der Waals surface area (Å²) in [5.74, 6) is 0. The van der Waals surface area contributed by atoms with Gasteiger partial charge in [-0.25, -0.2) is 5.53 Å². The monoisotopic (exact) mass is 272 g/mol. The minimum atomic E-state index is -0.469. The van der Waals surface area contributed by atoms with Gasteiger partial charge >= 0.3 is 0 Å². The highest BCUT2D eigenvalue weighted by Gasteiger charge is 2.15. The molecule has 1 aliphatic rings. The van der Waals surface area contributed by atoms with Crippen LogP contribution in [0.3, 0.4) is 0 Å². The number of nitrogens with zero attached hydrogens (tertiary/aromatic N) is 2. The number of rotatable bonds is 2. The van der Waals surface area contributed by atoms with Gasteiger partial charge in [-0.3, -0.25) is 10.6 Å². The number of hydrogen-bond acceptors (Lipinski definition) is 5. The lowest BCUT2D eigenvalue weighted by molar-refractivity contribution is 0.0176. The standard InChI is InChI=1S/C5H12N4O.HI/c6-5(8-7)9-1-3-10-4-2-9;/h5,7H,1-4,6H2;1H. The van der Waals surface area contributed by atoms with Crippen molar-refractivity contribution in [2.24, 2.45) is 10.8 Å². The van der Waals surface area contributed by atoms with Gasteiger partial charge in [0.15, 0.2) is 6.29 Å². The van der Waals surface area contributed by atoms with Crippen LogP contribution in [0.5, 0.6) is 0 Å². The van der Waals surface area contributed by atoms with E-state index in [0.29, 0.717) is 13.2 Å².